The number of aryl methyl sites for hydroxylation is 1. The predicted octanol–water partition coefficient (Wildman–Crippen LogP) is 3.21. The first-order chi connectivity index (χ1) is 10.1. The van der Waals surface area contributed by atoms with E-state index in [9.17, 15) is 4.39 Å². The average Bonchev–Trinajstić information content (AvgIpc) is 2.46. The molecule has 2 nitrogen and oxygen atoms in total. The Kier molecular flexibility index (Phi) is 3.79. The van der Waals surface area contributed by atoms with Gasteiger partial charge in [-0.3, -0.25) is 4.90 Å². The van der Waals surface area contributed by atoms with E-state index in [4.69, 9.17) is 5.73 Å². The van der Waals surface area contributed by atoms with Crippen molar-refractivity contribution in [2.75, 3.05) is 20.1 Å². The lowest BCUT2D eigenvalue weighted by Gasteiger charge is -2.39. The molecular weight excluding hydrogens is 263 g/mol. The van der Waals surface area contributed by atoms with Crippen molar-refractivity contribution in [3.8, 4) is 0 Å². The first kappa shape index (κ1) is 14.2. The first-order valence-corrected chi connectivity index (χ1v) is 7.37. The Hall–Kier alpha value is -1.71. The van der Waals surface area contributed by atoms with Crippen LogP contribution in [0.1, 0.15) is 34.2 Å². The Morgan fingerprint density at radius 3 is 2.71 bits per heavy atom. The van der Waals surface area contributed by atoms with Crippen LogP contribution in [-0.4, -0.2) is 25.0 Å². The van der Waals surface area contributed by atoms with Crippen molar-refractivity contribution in [3.63, 3.8) is 0 Å². The smallest absolute Gasteiger partial charge is 0.123 e. The molecule has 2 atom stereocenters. The minimum Gasteiger partial charge on any atom is -0.329 e. The van der Waals surface area contributed by atoms with E-state index in [-0.39, 0.29) is 17.8 Å². The summed E-state index contributed by atoms with van der Waals surface area (Å²) < 4.78 is 13.6. The lowest BCUT2D eigenvalue weighted by molar-refractivity contribution is 0.223. The Morgan fingerprint density at radius 1 is 1.24 bits per heavy atom. The second-order valence-electron chi connectivity index (χ2n) is 5.88. The van der Waals surface area contributed by atoms with Gasteiger partial charge in [0, 0.05) is 25.0 Å². The molecule has 2 unspecified atom stereocenters. The van der Waals surface area contributed by atoms with Crippen LogP contribution in [0, 0.1) is 12.7 Å². The molecule has 0 saturated heterocycles. The fourth-order valence-corrected chi connectivity index (χ4v) is 3.52. The second-order valence-corrected chi connectivity index (χ2v) is 5.88. The second kappa shape index (κ2) is 5.58. The van der Waals surface area contributed by atoms with Crippen LogP contribution in [0.4, 0.5) is 4.39 Å². The van der Waals surface area contributed by atoms with Crippen LogP contribution in [0.15, 0.2) is 42.5 Å². The maximum Gasteiger partial charge on any atom is 0.123 e. The van der Waals surface area contributed by atoms with Crippen LogP contribution < -0.4 is 5.73 Å². The van der Waals surface area contributed by atoms with Crippen molar-refractivity contribution >= 4 is 0 Å². The van der Waals surface area contributed by atoms with E-state index < -0.39 is 0 Å². The number of rotatable bonds is 2. The third kappa shape index (κ3) is 2.47. The van der Waals surface area contributed by atoms with E-state index in [1.54, 1.807) is 12.1 Å². The summed E-state index contributed by atoms with van der Waals surface area (Å²) in [7, 11) is 2.09. The summed E-state index contributed by atoms with van der Waals surface area (Å²) in [6.45, 7) is 3.59. The lowest BCUT2D eigenvalue weighted by Crippen LogP contribution is -2.39. The van der Waals surface area contributed by atoms with Crippen LogP contribution in [0.5, 0.6) is 0 Å². The van der Waals surface area contributed by atoms with Crippen molar-refractivity contribution in [3.05, 3.63) is 70.5 Å². The minimum atomic E-state index is -0.175. The SMILES string of the molecule is Cc1cccc2c1C(c1cccc(F)c1)CN(C)C2CN. The molecule has 21 heavy (non-hydrogen) atoms. The van der Waals surface area contributed by atoms with Gasteiger partial charge in [-0.25, -0.2) is 4.39 Å². The Morgan fingerprint density at radius 2 is 2.00 bits per heavy atom. The van der Waals surface area contributed by atoms with E-state index in [1.165, 1.54) is 22.8 Å². The van der Waals surface area contributed by atoms with Gasteiger partial charge in [0.15, 0.2) is 0 Å². The number of hydrogen-bond donors (Lipinski definition) is 1. The van der Waals surface area contributed by atoms with E-state index >= 15 is 0 Å². The van der Waals surface area contributed by atoms with Crippen LogP contribution in [0.25, 0.3) is 0 Å². The zero-order valence-electron chi connectivity index (χ0n) is 12.5. The largest absolute Gasteiger partial charge is 0.329 e. The van der Waals surface area contributed by atoms with Gasteiger partial charge in [-0.15, -0.1) is 0 Å². The average molecular weight is 284 g/mol. The predicted molar refractivity (Wildman–Crippen MR) is 83.8 cm³/mol. The molecule has 2 N–H and O–H groups in total. The fourth-order valence-electron chi connectivity index (χ4n) is 3.52. The van der Waals surface area contributed by atoms with Crippen LogP contribution in [0.2, 0.25) is 0 Å². The molecule has 1 heterocycles. The van der Waals surface area contributed by atoms with Crippen molar-refractivity contribution in [2.45, 2.75) is 18.9 Å². The third-order valence-corrected chi connectivity index (χ3v) is 4.54. The normalized spacial score (nSPS) is 22.1. The van der Waals surface area contributed by atoms with Crippen molar-refractivity contribution in [1.29, 1.82) is 0 Å². The number of nitrogens with zero attached hydrogens (tertiary/aromatic N) is 1. The molecule has 3 rings (SSSR count). The van der Waals surface area contributed by atoms with Gasteiger partial charge in [-0.2, -0.15) is 0 Å². The van der Waals surface area contributed by atoms with Gasteiger partial charge in [0.05, 0.1) is 0 Å². The molecule has 0 aliphatic carbocycles. The molecule has 2 aromatic carbocycles. The molecule has 0 fully saturated rings. The van der Waals surface area contributed by atoms with Gasteiger partial charge in [0.25, 0.3) is 0 Å². The topological polar surface area (TPSA) is 29.3 Å². The minimum absolute atomic E-state index is 0.175. The summed E-state index contributed by atoms with van der Waals surface area (Å²) in [5.74, 6) is 0.0240. The van der Waals surface area contributed by atoms with Gasteiger partial charge < -0.3 is 5.73 Å². The van der Waals surface area contributed by atoms with Crippen molar-refractivity contribution in [1.82, 2.24) is 4.90 Å². The number of nitrogens with two attached hydrogens (primary N) is 1. The van der Waals surface area contributed by atoms with Crippen LogP contribution in [0.3, 0.4) is 0 Å². The van der Waals surface area contributed by atoms with E-state index in [0.29, 0.717) is 6.54 Å². The highest BCUT2D eigenvalue weighted by molar-refractivity contribution is 5.46. The lowest BCUT2D eigenvalue weighted by atomic mass is 9.79. The molecule has 0 spiro atoms. The Balaban J connectivity index is 2.15. The van der Waals surface area contributed by atoms with Gasteiger partial charge in [-0.05, 0) is 48.4 Å². The van der Waals surface area contributed by atoms with Gasteiger partial charge in [0.2, 0.25) is 0 Å². The molecule has 110 valence electrons. The van der Waals surface area contributed by atoms with Gasteiger partial charge >= 0.3 is 0 Å². The van der Waals surface area contributed by atoms with Crippen LogP contribution >= 0.6 is 0 Å². The van der Waals surface area contributed by atoms with Crippen molar-refractivity contribution in [2.24, 2.45) is 5.73 Å². The molecular formula is C18H21FN2. The van der Waals surface area contributed by atoms with Gasteiger partial charge in [-0.1, -0.05) is 30.3 Å². The zero-order chi connectivity index (χ0) is 15.0. The first-order valence-electron chi connectivity index (χ1n) is 7.37. The zero-order valence-corrected chi connectivity index (χ0v) is 12.5. The number of hydrogen-bond acceptors (Lipinski definition) is 2. The number of halogens is 1. The summed E-state index contributed by atoms with van der Waals surface area (Å²) >= 11 is 0. The standard InChI is InChI=1S/C18H21FN2/c1-12-5-3-8-15-17(10-20)21(2)11-16(18(12)15)13-6-4-7-14(19)9-13/h3-9,16-17H,10-11,20H2,1-2H3. The molecule has 1 aliphatic rings. The summed E-state index contributed by atoms with van der Waals surface area (Å²) in [6, 6.07) is 13.6. The summed E-state index contributed by atoms with van der Waals surface area (Å²) in [5.41, 5.74) is 10.9. The molecule has 3 heteroatoms. The molecule has 0 saturated carbocycles. The molecule has 1 aliphatic heterocycles. The summed E-state index contributed by atoms with van der Waals surface area (Å²) in [4.78, 5) is 2.28. The number of likely N-dealkylation sites (N-methyl/N-ethyl adjacent to an activating group) is 1. The van der Waals surface area contributed by atoms with Crippen molar-refractivity contribution < 1.29 is 4.39 Å². The maximum atomic E-state index is 13.6. The Labute approximate surface area is 125 Å². The highest BCUT2D eigenvalue weighted by atomic mass is 19.1. The van der Waals surface area contributed by atoms with E-state index in [1.807, 2.05) is 6.07 Å². The maximum absolute atomic E-state index is 13.6. The molecule has 0 bridgehead atoms. The van der Waals surface area contributed by atoms with Gasteiger partial charge in [0.1, 0.15) is 5.82 Å². The highest BCUT2D eigenvalue weighted by Crippen LogP contribution is 2.40. The number of benzene rings is 2. The highest BCUT2D eigenvalue weighted by Gasteiger charge is 2.32. The monoisotopic (exact) mass is 284 g/mol. The Bertz CT molecular complexity index is 653. The third-order valence-electron chi connectivity index (χ3n) is 4.54. The molecule has 2 aromatic rings. The van der Waals surface area contributed by atoms with Crippen LogP contribution in [-0.2, 0) is 0 Å². The summed E-state index contributed by atoms with van der Waals surface area (Å²) in [6.07, 6.45) is 0. The fraction of sp³-hybridized carbons (Fsp3) is 0.333. The number of fused-ring (bicyclic) bond motifs is 1. The molecule has 0 radical (unpaired) electrons. The molecule has 0 amide bonds. The summed E-state index contributed by atoms with van der Waals surface area (Å²) in [5, 5.41) is 0. The van der Waals surface area contributed by atoms with E-state index in [2.05, 4.69) is 37.1 Å². The molecule has 0 aromatic heterocycles. The quantitative estimate of drug-likeness (QED) is 0.917. The van der Waals surface area contributed by atoms with E-state index in [0.717, 1.165) is 12.1 Å².